The summed E-state index contributed by atoms with van der Waals surface area (Å²) in [4.78, 5) is 77.5. The first-order valence-electron chi connectivity index (χ1n) is 21.4. The van der Waals surface area contributed by atoms with E-state index in [-0.39, 0.29) is 35.7 Å². The molecule has 2 aromatic carbocycles. The summed E-state index contributed by atoms with van der Waals surface area (Å²) < 4.78 is 9.71. The molecule has 5 heterocycles. The van der Waals surface area contributed by atoms with E-state index in [1.165, 1.54) is 14.2 Å². The van der Waals surface area contributed by atoms with Crippen molar-refractivity contribution < 1.29 is 28.7 Å². The highest BCUT2D eigenvalue weighted by molar-refractivity contribution is 5.91. The molecule has 3 aromatic heterocycles. The molecule has 4 unspecified atom stereocenters. The standard InChI is InChI=1S/C45H57N9O6/c1-7-26(8-2)37(50-44(57)59-5)42(55)53-21-11-13-35(53)40-46-25-34(49-40)31-18-16-28-23-30(17-15-29(28)24-31)32-19-20-33-39(47-32)52-41(48-33)36-14-12-22-54(36)43(56)38(27(9-3)10-4)51-45(58)60-6/h15-20,23-27,35-38H,7-14,21-22H2,1-6H3,(H,46,49)(H,50,57)(H,51,58)(H,47,48,52). The van der Waals surface area contributed by atoms with Crippen molar-refractivity contribution in [2.75, 3.05) is 27.3 Å². The number of fused-ring (bicyclic) bond motifs is 2. The number of aromatic amines is 2. The van der Waals surface area contributed by atoms with E-state index >= 15 is 0 Å². The molecular weight excluding hydrogens is 763 g/mol. The van der Waals surface area contributed by atoms with Gasteiger partial charge in [0.15, 0.2) is 5.65 Å². The SMILES string of the molecule is CCC(CC)C(NC(=O)OC)C(=O)N1CCCC1c1ncc(-c2ccc3cc(-c4ccc5[nH]c(C6CCCN6C(=O)C(NC(=O)OC)C(CC)CC)nc5n4)ccc3c2)[nH]1. The van der Waals surface area contributed by atoms with Crippen LogP contribution in [0.5, 0.6) is 0 Å². The Morgan fingerprint density at radius 3 is 1.78 bits per heavy atom. The van der Waals surface area contributed by atoms with Gasteiger partial charge < -0.3 is 39.9 Å². The molecule has 15 heteroatoms. The molecular formula is C45H57N9O6. The Morgan fingerprint density at radius 2 is 1.23 bits per heavy atom. The number of hydrogen-bond acceptors (Lipinski definition) is 9. The van der Waals surface area contributed by atoms with Gasteiger partial charge in [-0.2, -0.15) is 0 Å². The second-order valence-electron chi connectivity index (χ2n) is 15.9. The van der Waals surface area contributed by atoms with Crippen LogP contribution in [0.4, 0.5) is 9.59 Å². The monoisotopic (exact) mass is 819 g/mol. The topological polar surface area (TPSA) is 188 Å². The van der Waals surface area contributed by atoms with E-state index in [0.717, 1.165) is 96.0 Å². The number of imidazole rings is 2. The molecule has 2 aliphatic heterocycles. The number of pyridine rings is 1. The number of methoxy groups -OCH3 is 2. The summed E-state index contributed by atoms with van der Waals surface area (Å²) in [6.45, 7) is 9.28. The number of likely N-dealkylation sites (tertiary alicyclic amines) is 2. The maximum absolute atomic E-state index is 14.0. The minimum Gasteiger partial charge on any atom is -0.453 e. The zero-order valence-corrected chi connectivity index (χ0v) is 35.4. The minimum absolute atomic E-state index is 0.0101. The number of carbonyl (C=O) groups excluding carboxylic acids is 4. The van der Waals surface area contributed by atoms with Crippen molar-refractivity contribution in [3.05, 3.63) is 66.4 Å². The van der Waals surface area contributed by atoms with Gasteiger partial charge in [-0.25, -0.2) is 24.5 Å². The number of amides is 4. The van der Waals surface area contributed by atoms with E-state index in [4.69, 9.17) is 24.4 Å². The van der Waals surface area contributed by atoms with E-state index < -0.39 is 24.3 Å². The van der Waals surface area contributed by atoms with Crippen LogP contribution >= 0.6 is 0 Å². The summed E-state index contributed by atoms with van der Waals surface area (Å²) in [7, 11) is 2.62. The van der Waals surface area contributed by atoms with Crippen LogP contribution in [-0.4, -0.2) is 98.1 Å². The smallest absolute Gasteiger partial charge is 0.407 e. The Bertz CT molecular complexity index is 2330. The molecule has 4 amide bonds. The highest BCUT2D eigenvalue weighted by Crippen LogP contribution is 2.36. The van der Waals surface area contributed by atoms with Crippen molar-refractivity contribution in [1.29, 1.82) is 0 Å². The number of ether oxygens (including phenoxy) is 2. The van der Waals surface area contributed by atoms with E-state index in [1.807, 2.05) is 55.8 Å². The minimum atomic E-state index is -0.681. The van der Waals surface area contributed by atoms with Crippen LogP contribution in [0.2, 0.25) is 0 Å². The highest BCUT2D eigenvalue weighted by atomic mass is 16.5. The Morgan fingerprint density at radius 1 is 0.700 bits per heavy atom. The Labute approximate surface area is 350 Å². The number of rotatable bonds is 14. The van der Waals surface area contributed by atoms with Crippen LogP contribution in [-0.2, 0) is 19.1 Å². The lowest BCUT2D eigenvalue weighted by atomic mass is 9.93. The van der Waals surface area contributed by atoms with Gasteiger partial charge in [-0.05, 0) is 72.6 Å². The van der Waals surface area contributed by atoms with Gasteiger partial charge in [0.25, 0.3) is 0 Å². The molecule has 0 spiro atoms. The van der Waals surface area contributed by atoms with Gasteiger partial charge in [-0.15, -0.1) is 0 Å². The van der Waals surface area contributed by atoms with E-state index in [1.54, 1.807) is 0 Å². The number of nitrogens with zero attached hydrogens (tertiary/aromatic N) is 5. The van der Waals surface area contributed by atoms with Gasteiger partial charge in [0.05, 0.1) is 49.4 Å². The van der Waals surface area contributed by atoms with Gasteiger partial charge in [-0.3, -0.25) is 9.59 Å². The van der Waals surface area contributed by atoms with Crippen LogP contribution in [0, 0.1) is 11.8 Å². The van der Waals surface area contributed by atoms with Gasteiger partial charge in [-0.1, -0.05) is 77.6 Å². The molecule has 15 nitrogen and oxygen atoms in total. The molecule has 0 aliphatic carbocycles. The van der Waals surface area contributed by atoms with E-state index in [9.17, 15) is 19.2 Å². The Balaban J connectivity index is 1.07. The van der Waals surface area contributed by atoms with Gasteiger partial charge in [0, 0.05) is 24.2 Å². The summed E-state index contributed by atoms with van der Waals surface area (Å²) in [6, 6.07) is 14.6. The Kier molecular flexibility index (Phi) is 13.0. The van der Waals surface area contributed by atoms with Crippen LogP contribution in [0.3, 0.4) is 0 Å². The fraction of sp³-hybridized carbons (Fsp3) is 0.489. The number of benzene rings is 2. The van der Waals surface area contributed by atoms with Crippen LogP contribution < -0.4 is 10.6 Å². The molecule has 7 rings (SSSR count). The molecule has 5 aromatic rings. The van der Waals surface area contributed by atoms with Crippen LogP contribution in [0.25, 0.3) is 44.5 Å². The van der Waals surface area contributed by atoms with Crippen molar-refractivity contribution in [3.63, 3.8) is 0 Å². The largest absolute Gasteiger partial charge is 0.453 e. The summed E-state index contributed by atoms with van der Waals surface area (Å²) in [5, 5.41) is 7.70. The number of hydrogen-bond donors (Lipinski definition) is 4. The Hall–Kier alpha value is -5.99. The first-order chi connectivity index (χ1) is 29.1. The lowest BCUT2D eigenvalue weighted by Crippen LogP contribution is -2.52. The third-order valence-corrected chi connectivity index (χ3v) is 12.6. The van der Waals surface area contributed by atoms with Gasteiger partial charge in [0.1, 0.15) is 23.7 Å². The number of carbonyl (C=O) groups is 4. The second-order valence-corrected chi connectivity index (χ2v) is 15.9. The third kappa shape index (κ3) is 8.52. The zero-order chi connectivity index (χ0) is 42.5. The molecule has 4 N–H and O–H groups in total. The number of H-pyrrole nitrogens is 2. The lowest BCUT2D eigenvalue weighted by molar-refractivity contribution is -0.136. The van der Waals surface area contributed by atoms with Crippen molar-refractivity contribution in [3.8, 4) is 22.5 Å². The average Bonchev–Trinajstić information content (AvgIpc) is 4.12. The summed E-state index contributed by atoms with van der Waals surface area (Å²) >= 11 is 0. The fourth-order valence-corrected chi connectivity index (χ4v) is 9.10. The van der Waals surface area contributed by atoms with Crippen LogP contribution in [0.1, 0.15) is 103 Å². The zero-order valence-electron chi connectivity index (χ0n) is 35.4. The van der Waals surface area contributed by atoms with Crippen LogP contribution in [0.15, 0.2) is 54.7 Å². The lowest BCUT2D eigenvalue weighted by Gasteiger charge is -2.31. The highest BCUT2D eigenvalue weighted by Gasteiger charge is 2.40. The number of alkyl carbamates (subject to hydrolysis) is 2. The van der Waals surface area contributed by atoms with E-state index in [2.05, 4.69) is 57.0 Å². The quantitative estimate of drug-likeness (QED) is 0.0867. The second kappa shape index (κ2) is 18.5. The normalized spacial score (nSPS) is 17.7. The third-order valence-electron chi connectivity index (χ3n) is 12.6. The van der Waals surface area contributed by atoms with Crippen molar-refractivity contribution in [2.45, 2.75) is 103 Å². The molecule has 60 heavy (non-hydrogen) atoms. The maximum atomic E-state index is 14.0. The predicted molar refractivity (Wildman–Crippen MR) is 229 cm³/mol. The van der Waals surface area contributed by atoms with E-state index in [0.29, 0.717) is 24.6 Å². The van der Waals surface area contributed by atoms with Gasteiger partial charge in [0.2, 0.25) is 11.8 Å². The van der Waals surface area contributed by atoms with Gasteiger partial charge >= 0.3 is 12.2 Å². The molecule has 4 atom stereocenters. The summed E-state index contributed by atoms with van der Waals surface area (Å²) in [5.41, 5.74) is 4.92. The molecule has 0 bridgehead atoms. The molecule has 0 radical (unpaired) electrons. The number of nitrogens with one attached hydrogen (secondary N) is 4. The molecule has 318 valence electrons. The maximum Gasteiger partial charge on any atom is 0.407 e. The molecule has 0 saturated carbocycles. The fourth-order valence-electron chi connectivity index (χ4n) is 9.10. The average molecular weight is 820 g/mol. The molecule has 2 saturated heterocycles. The first-order valence-corrected chi connectivity index (χ1v) is 21.4. The summed E-state index contributed by atoms with van der Waals surface area (Å²) in [5.74, 6) is 1.15. The summed E-state index contributed by atoms with van der Waals surface area (Å²) in [6.07, 6.45) is 6.81. The first kappa shape index (κ1) is 42.1. The van der Waals surface area contributed by atoms with Crippen molar-refractivity contribution in [2.24, 2.45) is 11.8 Å². The van der Waals surface area contributed by atoms with Crippen molar-refractivity contribution >= 4 is 45.9 Å². The van der Waals surface area contributed by atoms with Crippen molar-refractivity contribution in [1.82, 2.24) is 45.4 Å². The predicted octanol–water partition coefficient (Wildman–Crippen LogP) is 7.82. The molecule has 2 fully saturated rings. The number of aromatic nitrogens is 5. The molecule has 2 aliphatic rings.